The summed E-state index contributed by atoms with van der Waals surface area (Å²) in [6.45, 7) is 3.81. The fourth-order valence-corrected chi connectivity index (χ4v) is 1.84. The average Bonchev–Trinajstić information content (AvgIpc) is 2.96. The molecule has 2 aromatic rings. The van der Waals surface area contributed by atoms with Gasteiger partial charge in [-0.15, -0.1) is 0 Å². The quantitative estimate of drug-likeness (QED) is 0.887. The van der Waals surface area contributed by atoms with E-state index in [1.165, 1.54) is 12.1 Å². The Morgan fingerprint density at radius 1 is 1.38 bits per heavy atom. The van der Waals surface area contributed by atoms with Crippen molar-refractivity contribution in [2.75, 3.05) is 0 Å². The minimum Gasteiger partial charge on any atom is -0.345 e. The highest BCUT2D eigenvalue weighted by atomic mass is 19.1. The van der Waals surface area contributed by atoms with Crippen molar-refractivity contribution >= 4 is 5.91 Å². The van der Waals surface area contributed by atoms with Gasteiger partial charge in [0.05, 0.1) is 0 Å². The van der Waals surface area contributed by atoms with Crippen LogP contribution in [0.5, 0.6) is 0 Å². The number of carbonyl (C=O) groups is 1. The third-order valence-corrected chi connectivity index (χ3v) is 3.05. The predicted molar refractivity (Wildman–Crippen MR) is 75.8 cm³/mol. The minimum absolute atomic E-state index is 0.0362. The molecule has 0 saturated carbocycles. The minimum atomic E-state index is -0.351. The van der Waals surface area contributed by atoms with Gasteiger partial charge in [-0.3, -0.25) is 4.79 Å². The van der Waals surface area contributed by atoms with Gasteiger partial charge in [0.25, 0.3) is 0 Å². The lowest BCUT2D eigenvalue weighted by Gasteiger charge is -2.08. The summed E-state index contributed by atoms with van der Waals surface area (Å²) >= 11 is 0. The number of rotatable bonds is 6. The maximum atomic E-state index is 12.9. The molecule has 0 fully saturated rings. The van der Waals surface area contributed by atoms with Crippen molar-refractivity contribution in [3.05, 3.63) is 36.0 Å². The first-order chi connectivity index (χ1) is 10.1. The number of nitrogens with one attached hydrogen (secondary N) is 1. The van der Waals surface area contributed by atoms with E-state index in [2.05, 4.69) is 15.5 Å². The summed E-state index contributed by atoms with van der Waals surface area (Å²) in [5, 5.41) is 6.66. The lowest BCUT2D eigenvalue weighted by Crippen LogP contribution is -2.26. The lowest BCUT2D eigenvalue weighted by molar-refractivity contribution is -0.122. The molecule has 0 aliphatic rings. The molecule has 1 amide bonds. The van der Waals surface area contributed by atoms with Crippen molar-refractivity contribution in [3.8, 4) is 11.4 Å². The van der Waals surface area contributed by atoms with Crippen LogP contribution in [0.1, 0.15) is 45.0 Å². The van der Waals surface area contributed by atoms with Gasteiger partial charge in [-0.25, -0.2) is 4.39 Å². The van der Waals surface area contributed by atoms with E-state index in [0.29, 0.717) is 23.7 Å². The normalized spacial score (nSPS) is 12.1. The van der Waals surface area contributed by atoms with Gasteiger partial charge < -0.3 is 9.84 Å². The standard InChI is InChI=1S/C15H18FN3O2/c1-3-4-5-13(20)17-10(2)15-18-14(19-21-15)11-6-8-12(16)9-7-11/h6-10H,3-5H2,1-2H3,(H,17,20). The van der Waals surface area contributed by atoms with Crippen molar-refractivity contribution < 1.29 is 13.7 Å². The topological polar surface area (TPSA) is 68.0 Å². The van der Waals surface area contributed by atoms with E-state index < -0.39 is 0 Å². The van der Waals surface area contributed by atoms with E-state index in [0.717, 1.165) is 12.8 Å². The number of unbranched alkanes of at least 4 members (excludes halogenated alkanes) is 1. The van der Waals surface area contributed by atoms with Gasteiger partial charge in [0, 0.05) is 12.0 Å². The van der Waals surface area contributed by atoms with Crippen LogP contribution in [0, 0.1) is 5.82 Å². The molecule has 0 aliphatic heterocycles. The Hall–Kier alpha value is -2.24. The molecule has 0 saturated heterocycles. The number of aromatic nitrogens is 2. The van der Waals surface area contributed by atoms with E-state index in [1.54, 1.807) is 19.1 Å². The molecule has 1 unspecified atom stereocenters. The van der Waals surface area contributed by atoms with Gasteiger partial charge >= 0.3 is 0 Å². The van der Waals surface area contributed by atoms with Crippen LogP contribution >= 0.6 is 0 Å². The van der Waals surface area contributed by atoms with Gasteiger partial charge in [-0.1, -0.05) is 18.5 Å². The Labute approximate surface area is 122 Å². The molecule has 1 N–H and O–H groups in total. The molecule has 6 heteroatoms. The summed E-state index contributed by atoms with van der Waals surface area (Å²) in [4.78, 5) is 15.9. The van der Waals surface area contributed by atoms with Gasteiger partial charge in [0.15, 0.2) is 0 Å². The van der Waals surface area contributed by atoms with Crippen LogP contribution in [-0.4, -0.2) is 16.0 Å². The Balaban J connectivity index is 2.02. The third-order valence-electron chi connectivity index (χ3n) is 3.05. The lowest BCUT2D eigenvalue weighted by atomic mass is 10.2. The van der Waals surface area contributed by atoms with Crippen molar-refractivity contribution in [1.29, 1.82) is 0 Å². The molecule has 5 nitrogen and oxygen atoms in total. The zero-order valence-electron chi connectivity index (χ0n) is 12.1. The van der Waals surface area contributed by atoms with Crippen molar-refractivity contribution in [1.82, 2.24) is 15.5 Å². The molecule has 0 aliphatic carbocycles. The van der Waals surface area contributed by atoms with Gasteiger partial charge in [-0.2, -0.15) is 4.98 Å². The second-order valence-corrected chi connectivity index (χ2v) is 4.86. The molecule has 1 atom stereocenters. The number of hydrogen-bond acceptors (Lipinski definition) is 4. The Morgan fingerprint density at radius 3 is 2.76 bits per heavy atom. The van der Waals surface area contributed by atoms with E-state index in [1.807, 2.05) is 6.92 Å². The number of carbonyl (C=O) groups excluding carboxylic acids is 1. The maximum Gasteiger partial charge on any atom is 0.249 e. The summed E-state index contributed by atoms with van der Waals surface area (Å²) in [5.41, 5.74) is 0.663. The van der Waals surface area contributed by atoms with Crippen molar-refractivity contribution in [2.24, 2.45) is 0 Å². The van der Waals surface area contributed by atoms with Crippen LogP contribution < -0.4 is 5.32 Å². The summed E-state index contributed by atoms with van der Waals surface area (Å²) < 4.78 is 18.0. The second kappa shape index (κ2) is 6.97. The van der Waals surface area contributed by atoms with Gasteiger partial charge in [0.2, 0.25) is 17.6 Å². The van der Waals surface area contributed by atoms with Crippen LogP contribution in [0.3, 0.4) is 0 Å². The molecule has 112 valence electrons. The van der Waals surface area contributed by atoms with E-state index in [9.17, 15) is 9.18 Å². The highest BCUT2D eigenvalue weighted by molar-refractivity contribution is 5.76. The zero-order chi connectivity index (χ0) is 15.2. The number of benzene rings is 1. The Kier molecular flexibility index (Phi) is 5.03. The number of hydrogen-bond donors (Lipinski definition) is 1. The summed E-state index contributed by atoms with van der Waals surface area (Å²) in [5.74, 6) is 0.351. The van der Waals surface area contributed by atoms with Crippen LogP contribution in [0.2, 0.25) is 0 Å². The summed E-state index contributed by atoms with van der Waals surface area (Å²) in [6.07, 6.45) is 2.31. The van der Waals surface area contributed by atoms with Crippen LogP contribution in [0.25, 0.3) is 11.4 Å². The summed E-state index contributed by atoms with van der Waals surface area (Å²) in [6, 6.07) is 5.47. The highest BCUT2D eigenvalue weighted by Gasteiger charge is 2.17. The van der Waals surface area contributed by atoms with Crippen LogP contribution in [0.15, 0.2) is 28.8 Å². The SMILES string of the molecule is CCCCC(=O)NC(C)c1nc(-c2ccc(F)cc2)no1. The zero-order valence-corrected chi connectivity index (χ0v) is 12.1. The number of amides is 1. The average molecular weight is 291 g/mol. The maximum absolute atomic E-state index is 12.9. The first-order valence-corrected chi connectivity index (χ1v) is 6.99. The molecular weight excluding hydrogens is 273 g/mol. The fraction of sp³-hybridized carbons (Fsp3) is 0.400. The molecule has 1 heterocycles. The predicted octanol–water partition coefficient (Wildman–Crippen LogP) is 3.24. The first-order valence-electron chi connectivity index (χ1n) is 6.99. The Bertz CT molecular complexity index is 595. The largest absolute Gasteiger partial charge is 0.345 e. The third kappa shape index (κ3) is 4.11. The van der Waals surface area contributed by atoms with Gasteiger partial charge in [0.1, 0.15) is 11.9 Å². The van der Waals surface area contributed by atoms with Crippen LogP contribution in [0.4, 0.5) is 4.39 Å². The number of halogens is 1. The molecule has 1 aromatic carbocycles. The molecule has 0 radical (unpaired) electrons. The molecular formula is C15H18FN3O2. The monoisotopic (exact) mass is 291 g/mol. The van der Waals surface area contributed by atoms with E-state index >= 15 is 0 Å². The molecule has 21 heavy (non-hydrogen) atoms. The van der Waals surface area contributed by atoms with Gasteiger partial charge in [-0.05, 0) is 37.6 Å². The molecule has 0 bridgehead atoms. The first kappa shape index (κ1) is 15.2. The highest BCUT2D eigenvalue weighted by Crippen LogP contribution is 2.19. The van der Waals surface area contributed by atoms with E-state index in [4.69, 9.17) is 4.52 Å². The second-order valence-electron chi connectivity index (χ2n) is 4.86. The van der Waals surface area contributed by atoms with Crippen molar-refractivity contribution in [2.45, 2.75) is 39.2 Å². The fourth-order valence-electron chi connectivity index (χ4n) is 1.84. The number of nitrogens with zero attached hydrogens (tertiary/aromatic N) is 2. The van der Waals surface area contributed by atoms with E-state index in [-0.39, 0.29) is 17.8 Å². The molecule has 2 rings (SSSR count). The van der Waals surface area contributed by atoms with Crippen molar-refractivity contribution in [3.63, 3.8) is 0 Å². The van der Waals surface area contributed by atoms with Crippen LogP contribution in [-0.2, 0) is 4.79 Å². The molecule has 0 spiro atoms. The Morgan fingerprint density at radius 2 is 2.10 bits per heavy atom. The molecule has 1 aromatic heterocycles. The summed E-state index contributed by atoms with van der Waals surface area (Å²) in [7, 11) is 0. The smallest absolute Gasteiger partial charge is 0.249 e.